The number of carbonyl (C=O) groups excluding carboxylic acids is 1. The largest absolute Gasteiger partial charge is 0.445 e. The van der Waals surface area contributed by atoms with E-state index in [2.05, 4.69) is 14.8 Å². The number of benzene rings is 1. The Morgan fingerprint density at radius 2 is 1.93 bits per heavy atom. The molecule has 12 heteroatoms. The van der Waals surface area contributed by atoms with Crippen LogP contribution >= 0.6 is 0 Å². The minimum Gasteiger partial charge on any atom is -0.445 e. The Balaban J connectivity index is 2.20. The van der Waals surface area contributed by atoms with E-state index in [-0.39, 0.29) is 22.6 Å². The first-order valence-corrected chi connectivity index (χ1v) is 8.31. The molecule has 1 fully saturated rings. The van der Waals surface area contributed by atoms with Crippen LogP contribution in [-0.2, 0) is 4.74 Å². The molecule has 0 aliphatic heterocycles. The first kappa shape index (κ1) is 20.7. The average molecular weight is 420 g/mol. The van der Waals surface area contributed by atoms with Gasteiger partial charge >= 0.3 is 6.09 Å². The van der Waals surface area contributed by atoms with Gasteiger partial charge in [-0.2, -0.15) is 5.10 Å². The third kappa shape index (κ3) is 3.91. The van der Waals surface area contributed by atoms with Crippen molar-refractivity contribution in [2.75, 3.05) is 13.3 Å². The number of aliphatic imine (C=N–C) groups is 1. The molecule has 1 aromatic heterocycles. The van der Waals surface area contributed by atoms with Crippen molar-refractivity contribution in [3.05, 3.63) is 35.3 Å². The van der Waals surface area contributed by atoms with Gasteiger partial charge in [0.05, 0.1) is 17.6 Å². The zero-order valence-corrected chi connectivity index (χ0v) is 14.6. The third-order valence-corrected chi connectivity index (χ3v) is 4.31. The summed E-state index contributed by atoms with van der Waals surface area (Å²) in [7, 11) is 0. The predicted molar refractivity (Wildman–Crippen MR) is 89.5 cm³/mol. The number of aromatic nitrogens is 2. The lowest BCUT2D eigenvalue weighted by atomic mass is 9.77. The zero-order valence-electron chi connectivity index (χ0n) is 14.6. The lowest BCUT2D eigenvalue weighted by molar-refractivity contribution is -0.0875. The normalized spacial score (nSPS) is 16.2. The maximum absolute atomic E-state index is 13.8. The number of halogens is 6. The number of hydrogen-bond acceptors (Lipinski definition) is 4. The second kappa shape index (κ2) is 7.76. The summed E-state index contributed by atoms with van der Waals surface area (Å²) in [4.78, 5) is 15.9. The van der Waals surface area contributed by atoms with E-state index >= 15 is 0 Å². The molecule has 2 aromatic rings. The van der Waals surface area contributed by atoms with E-state index in [1.807, 2.05) is 0 Å². The highest BCUT2D eigenvalue weighted by Crippen LogP contribution is 2.51. The summed E-state index contributed by atoms with van der Waals surface area (Å²) < 4.78 is 85.1. The fraction of sp³-hybridized carbons (Fsp3) is 0.353. The second-order valence-electron chi connectivity index (χ2n) is 6.29. The van der Waals surface area contributed by atoms with Gasteiger partial charge in [-0.25, -0.2) is 36.1 Å². The van der Waals surface area contributed by atoms with Crippen LogP contribution in [0.1, 0.15) is 24.5 Å². The zero-order chi connectivity index (χ0) is 21.3. The van der Waals surface area contributed by atoms with Crippen LogP contribution in [0, 0.1) is 17.5 Å². The van der Waals surface area contributed by atoms with Crippen molar-refractivity contribution in [1.29, 1.82) is 0 Å². The Morgan fingerprint density at radius 1 is 1.31 bits per heavy atom. The van der Waals surface area contributed by atoms with E-state index < -0.39 is 61.5 Å². The molecule has 0 radical (unpaired) electrons. The summed E-state index contributed by atoms with van der Waals surface area (Å²) >= 11 is 0. The van der Waals surface area contributed by atoms with Crippen molar-refractivity contribution >= 4 is 18.2 Å². The molecule has 0 spiro atoms. The quantitative estimate of drug-likeness (QED) is 0.342. The highest BCUT2D eigenvalue weighted by atomic mass is 19.3. The van der Waals surface area contributed by atoms with E-state index in [1.54, 1.807) is 0 Å². The summed E-state index contributed by atoms with van der Waals surface area (Å²) in [5.74, 6) is -9.05. The highest BCUT2D eigenvalue weighted by Gasteiger charge is 2.48. The first-order valence-electron chi connectivity index (χ1n) is 8.31. The molecule has 1 aromatic carbocycles. The van der Waals surface area contributed by atoms with Crippen molar-refractivity contribution in [1.82, 2.24) is 9.78 Å². The van der Waals surface area contributed by atoms with Crippen molar-refractivity contribution < 1.29 is 35.9 Å². The van der Waals surface area contributed by atoms with Crippen LogP contribution in [0.15, 0.2) is 17.1 Å². The highest BCUT2D eigenvalue weighted by molar-refractivity contribution is 5.85. The van der Waals surface area contributed by atoms with Gasteiger partial charge in [-0.3, -0.25) is 0 Å². The molecule has 3 rings (SSSR count). The van der Waals surface area contributed by atoms with E-state index in [1.165, 1.54) is 0 Å². The summed E-state index contributed by atoms with van der Waals surface area (Å²) in [6, 6.07) is 1.23. The van der Waals surface area contributed by atoms with Crippen molar-refractivity contribution in [2.24, 2.45) is 10.7 Å². The molecule has 1 aliphatic rings. The lowest BCUT2D eigenvalue weighted by Crippen LogP contribution is -2.34. The number of nitrogens with zero attached hydrogens (tertiary/aromatic N) is 3. The molecule has 1 heterocycles. The number of alkyl halides is 3. The van der Waals surface area contributed by atoms with E-state index in [0.717, 1.165) is 6.34 Å². The maximum atomic E-state index is 13.8. The van der Waals surface area contributed by atoms with Gasteiger partial charge in [0.15, 0.2) is 23.3 Å². The molecular weight excluding hydrogens is 406 g/mol. The van der Waals surface area contributed by atoms with Crippen molar-refractivity contribution in [3.63, 3.8) is 0 Å². The maximum Gasteiger partial charge on any atom is 0.436 e. The van der Waals surface area contributed by atoms with Gasteiger partial charge in [-0.05, 0) is 17.7 Å². The summed E-state index contributed by atoms with van der Waals surface area (Å²) in [5, 5.41) is 3.91. The number of ether oxygens (including phenoxy) is 1. The fourth-order valence-electron chi connectivity index (χ4n) is 3.05. The lowest BCUT2D eigenvalue weighted by Gasteiger charge is -2.34. The minimum absolute atomic E-state index is 0.126. The molecule has 0 unspecified atom stereocenters. The molecule has 156 valence electrons. The van der Waals surface area contributed by atoms with Gasteiger partial charge in [-0.15, -0.1) is 4.68 Å². The molecule has 6 nitrogen and oxygen atoms in total. The van der Waals surface area contributed by atoms with Crippen LogP contribution < -0.4 is 5.73 Å². The summed E-state index contributed by atoms with van der Waals surface area (Å²) in [6.45, 7) is -1.61. The minimum atomic E-state index is -2.98. The van der Waals surface area contributed by atoms with Crippen LogP contribution in [0.2, 0.25) is 0 Å². The van der Waals surface area contributed by atoms with Gasteiger partial charge < -0.3 is 10.5 Å². The predicted octanol–water partition coefficient (Wildman–Crippen LogP) is 4.05. The molecular formula is C17H14F6N4O2. The second-order valence-corrected chi connectivity index (χ2v) is 6.29. The van der Waals surface area contributed by atoms with Crippen LogP contribution in [0.25, 0.3) is 11.1 Å². The average Bonchev–Trinajstić information content (AvgIpc) is 3.01. The van der Waals surface area contributed by atoms with Gasteiger partial charge in [0, 0.05) is 18.8 Å². The Hall–Kier alpha value is -3.05. The summed E-state index contributed by atoms with van der Waals surface area (Å²) in [6.07, 6.45) is -1.73. The Bertz CT molecular complexity index is 944. The van der Waals surface area contributed by atoms with Crippen molar-refractivity contribution in [2.45, 2.75) is 24.7 Å². The SMILES string of the molecule is N/C=N\c1c(-c2cc(F)c(F)c(F)c2)c(C2CC(F)(F)C2)nn1C(=O)OCCF. The molecule has 2 N–H and O–H groups in total. The Morgan fingerprint density at radius 3 is 2.45 bits per heavy atom. The number of rotatable bonds is 5. The monoisotopic (exact) mass is 420 g/mol. The Labute approximate surface area is 160 Å². The molecule has 1 saturated carbocycles. The molecule has 0 amide bonds. The molecule has 1 aliphatic carbocycles. The van der Waals surface area contributed by atoms with Crippen LogP contribution in [0.4, 0.5) is 37.0 Å². The van der Waals surface area contributed by atoms with Gasteiger partial charge in [-0.1, -0.05) is 0 Å². The molecule has 0 saturated heterocycles. The van der Waals surface area contributed by atoms with Crippen LogP contribution in [-0.4, -0.2) is 41.4 Å². The standard InChI is InChI=1S/C17H14F6N4O2/c18-1-2-29-16(28)27-15(25-7-24)12(8-3-10(19)13(21)11(20)4-8)14(26-27)9-5-17(22,23)6-9/h3-4,7,9H,1-2,5-6H2,(H2,24,25). The van der Waals surface area contributed by atoms with Crippen LogP contribution in [0.3, 0.4) is 0 Å². The topological polar surface area (TPSA) is 82.5 Å². The number of nitrogens with two attached hydrogens (primary N) is 1. The number of hydrogen-bond donors (Lipinski definition) is 1. The van der Waals surface area contributed by atoms with Gasteiger partial charge in [0.2, 0.25) is 5.92 Å². The fourth-order valence-corrected chi connectivity index (χ4v) is 3.05. The molecule has 0 atom stereocenters. The molecule has 0 bridgehead atoms. The van der Waals surface area contributed by atoms with E-state index in [0.29, 0.717) is 16.8 Å². The smallest absolute Gasteiger partial charge is 0.436 e. The summed E-state index contributed by atoms with van der Waals surface area (Å²) in [5.41, 5.74) is 4.65. The van der Waals surface area contributed by atoms with E-state index in [4.69, 9.17) is 5.73 Å². The first-order chi connectivity index (χ1) is 13.7. The number of carbonyl (C=O) groups is 1. The Kier molecular flexibility index (Phi) is 5.53. The van der Waals surface area contributed by atoms with E-state index in [9.17, 15) is 31.1 Å². The van der Waals surface area contributed by atoms with Crippen LogP contribution in [0.5, 0.6) is 0 Å². The molecule has 29 heavy (non-hydrogen) atoms. The third-order valence-electron chi connectivity index (χ3n) is 4.31. The van der Waals surface area contributed by atoms with Gasteiger partial charge in [0.1, 0.15) is 13.3 Å². The van der Waals surface area contributed by atoms with Crippen molar-refractivity contribution in [3.8, 4) is 11.1 Å². The van der Waals surface area contributed by atoms with Gasteiger partial charge in [0.25, 0.3) is 0 Å².